The molecular weight excluding hydrogens is 196 g/mol. The number of aromatic carboxylic acids is 1. The second-order valence-electron chi connectivity index (χ2n) is 2.97. The highest BCUT2D eigenvalue weighted by Crippen LogP contribution is 2.13. The molecule has 0 bridgehead atoms. The van der Waals surface area contributed by atoms with Gasteiger partial charge in [0.05, 0.1) is 5.69 Å². The molecule has 2 N–H and O–H groups in total. The number of carboxylic acid groups (broad SMARTS) is 1. The number of rotatable bonds is 2. The van der Waals surface area contributed by atoms with Crippen LogP contribution in [0.4, 0.5) is 0 Å². The summed E-state index contributed by atoms with van der Waals surface area (Å²) in [6.07, 6.45) is 1.55. The smallest absolute Gasteiger partial charge is 0.356 e. The van der Waals surface area contributed by atoms with Gasteiger partial charge in [-0.15, -0.1) is 0 Å². The molecular formula is C10H8N2O3. The Morgan fingerprint density at radius 1 is 1.20 bits per heavy atom. The lowest BCUT2D eigenvalue weighted by Crippen LogP contribution is -2.00. The SMILES string of the molecule is O=C(O)c1ccn(-c2ccc(O)cc2)n1. The quantitative estimate of drug-likeness (QED) is 0.772. The van der Waals surface area contributed by atoms with Crippen LogP contribution in [0.3, 0.4) is 0 Å². The van der Waals surface area contributed by atoms with E-state index in [4.69, 9.17) is 10.2 Å². The Hall–Kier alpha value is -2.30. The van der Waals surface area contributed by atoms with Crippen LogP contribution in [0, 0.1) is 0 Å². The largest absolute Gasteiger partial charge is 0.508 e. The maximum atomic E-state index is 10.6. The molecule has 1 aromatic carbocycles. The second kappa shape index (κ2) is 3.45. The molecule has 0 unspecified atom stereocenters. The van der Waals surface area contributed by atoms with Gasteiger partial charge in [-0.2, -0.15) is 5.10 Å². The predicted octanol–water partition coefficient (Wildman–Crippen LogP) is 1.28. The second-order valence-corrected chi connectivity index (χ2v) is 2.97. The number of phenolic OH excluding ortho intramolecular Hbond substituents is 1. The summed E-state index contributed by atoms with van der Waals surface area (Å²) >= 11 is 0. The van der Waals surface area contributed by atoms with E-state index in [-0.39, 0.29) is 11.4 Å². The summed E-state index contributed by atoms with van der Waals surface area (Å²) in [5.41, 5.74) is 0.684. The summed E-state index contributed by atoms with van der Waals surface area (Å²) in [5.74, 6) is -0.906. The number of hydrogen-bond acceptors (Lipinski definition) is 3. The van der Waals surface area contributed by atoms with Crippen LogP contribution in [0.15, 0.2) is 36.5 Å². The average molecular weight is 204 g/mol. The maximum Gasteiger partial charge on any atom is 0.356 e. The third-order valence-corrected chi connectivity index (χ3v) is 1.92. The Labute approximate surface area is 85.2 Å². The van der Waals surface area contributed by atoms with Crippen molar-refractivity contribution < 1.29 is 15.0 Å². The van der Waals surface area contributed by atoms with Crippen molar-refractivity contribution in [1.82, 2.24) is 9.78 Å². The number of hydrogen-bond donors (Lipinski definition) is 2. The van der Waals surface area contributed by atoms with Crippen LogP contribution in [0.1, 0.15) is 10.5 Å². The predicted molar refractivity (Wildman–Crippen MR) is 52.2 cm³/mol. The number of aromatic hydroxyl groups is 1. The molecule has 0 amide bonds. The van der Waals surface area contributed by atoms with Gasteiger partial charge in [0.1, 0.15) is 5.75 Å². The van der Waals surface area contributed by atoms with Crippen LogP contribution in [-0.2, 0) is 0 Å². The Balaban J connectivity index is 2.37. The molecule has 2 rings (SSSR count). The Bertz CT molecular complexity index is 488. The zero-order valence-corrected chi connectivity index (χ0v) is 7.66. The van der Waals surface area contributed by atoms with Gasteiger partial charge in [-0.25, -0.2) is 9.48 Å². The fourth-order valence-corrected chi connectivity index (χ4v) is 1.19. The first-order valence-electron chi connectivity index (χ1n) is 4.25. The van der Waals surface area contributed by atoms with Gasteiger partial charge in [-0.05, 0) is 30.3 Å². The summed E-state index contributed by atoms with van der Waals surface area (Å²) in [5, 5.41) is 21.6. The minimum absolute atomic E-state index is 0.0110. The molecule has 0 fully saturated rings. The standard InChI is InChI=1S/C10H8N2O3/c13-8-3-1-7(2-4-8)12-6-5-9(11-12)10(14)15/h1-6,13H,(H,14,15). The van der Waals surface area contributed by atoms with Crippen molar-refractivity contribution in [2.24, 2.45) is 0 Å². The van der Waals surface area contributed by atoms with Crippen molar-refractivity contribution in [3.63, 3.8) is 0 Å². The number of phenols is 1. The lowest BCUT2D eigenvalue weighted by Gasteiger charge is -2.00. The van der Waals surface area contributed by atoms with E-state index >= 15 is 0 Å². The monoisotopic (exact) mass is 204 g/mol. The van der Waals surface area contributed by atoms with E-state index in [1.165, 1.54) is 22.9 Å². The number of nitrogens with zero attached hydrogens (tertiary/aromatic N) is 2. The maximum absolute atomic E-state index is 10.6. The average Bonchev–Trinajstić information content (AvgIpc) is 2.68. The van der Waals surface area contributed by atoms with Crippen molar-refractivity contribution in [1.29, 1.82) is 0 Å². The Morgan fingerprint density at radius 3 is 2.40 bits per heavy atom. The molecule has 0 aliphatic heterocycles. The third kappa shape index (κ3) is 1.80. The summed E-state index contributed by atoms with van der Waals surface area (Å²) in [7, 11) is 0. The number of carboxylic acids is 1. The highest BCUT2D eigenvalue weighted by atomic mass is 16.4. The number of aromatic nitrogens is 2. The first-order chi connectivity index (χ1) is 7.16. The van der Waals surface area contributed by atoms with E-state index < -0.39 is 5.97 Å². The summed E-state index contributed by atoms with van der Waals surface area (Å²) in [6.45, 7) is 0. The Morgan fingerprint density at radius 2 is 1.87 bits per heavy atom. The van der Waals surface area contributed by atoms with Crippen molar-refractivity contribution in [3.8, 4) is 11.4 Å². The zero-order valence-electron chi connectivity index (χ0n) is 7.66. The number of benzene rings is 1. The molecule has 15 heavy (non-hydrogen) atoms. The molecule has 0 aliphatic carbocycles. The molecule has 0 radical (unpaired) electrons. The van der Waals surface area contributed by atoms with Gasteiger partial charge in [0.2, 0.25) is 0 Å². The van der Waals surface area contributed by atoms with Gasteiger partial charge in [0, 0.05) is 6.20 Å². The van der Waals surface area contributed by atoms with E-state index in [1.54, 1.807) is 18.3 Å². The van der Waals surface area contributed by atoms with Crippen LogP contribution in [-0.4, -0.2) is 26.0 Å². The number of carbonyl (C=O) groups is 1. The fourth-order valence-electron chi connectivity index (χ4n) is 1.19. The van der Waals surface area contributed by atoms with Crippen LogP contribution in [0.5, 0.6) is 5.75 Å². The van der Waals surface area contributed by atoms with Crippen LogP contribution < -0.4 is 0 Å². The molecule has 5 heteroatoms. The van der Waals surface area contributed by atoms with Crippen LogP contribution >= 0.6 is 0 Å². The van der Waals surface area contributed by atoms with Gasteiger partial charge in [0.15, 0.2) is 5.69 Å². The van der Waals surface area contributed by atoms with E-state index in [1.807, 2.05) is 0 Å². The molecule has 2 aromatic rings. The highest BCUT2D eigenvalue weighted by molar-refractivity contribution is 5.85. The molecule has 1 aromatic heterocycles. The molecule has 0 saturated heterocycles. The minimum atomic E-state index is -1.06. The van der Waals surface area contributed by atoms with Crippen molar-refractivity contribution in [2.75, 3.05) is 0 Å². The van der Waals surface area contributed by atoms with Crippen molar-refractivity contribution in [3.05, 3.63) is 42.2 Å². The minimum Gasteiger partial charge on any atom is -0.508 e. The summed E-state index contributed by atoms with van der Waals surface area (Å²) in [4.78, 5) is 10.6. The molecule has 0 aliphatic rings. The molecule has 76 valence electrons. The first-order valence-corrected chi connectivity index (χ1v) is 4.25. The summed E-state index contributed by atoms with van der Waals surface area (Å²) in [6, 6.07) is 7.73. The van der Waals surface area contributed by atoms with Crippen LogP contribution in [0.25, 0.3) is 5.69 Å². The third-order valence-electron chi connectivity index (χ3n) is 1.92. The molecule has 0 spiro atoms. The van der Waals surface area contributed by atoms with E-state index in [2.05, 4.69) is 5.10 Å². The molecule has 1 heterocycles. The normalized spacial score (nSPS) is 10.1. The van der Waals surface area contributed by atoms with Gasteiger partial charge >= 0.3 is 5.97 Å². The van der Waals surface area contributed by atoms with Gasteiger partial charge in [-0.1, -0.05) is 0 Å². The van der Waals surface area contributed by atoms with Gasteiger partial charge < -0.3 is 10.2 Å². The topological polar surface area (TPSA) is 75.3 Å². The van der Waals surface area contributed by atoms with E-state index in [0.717, 1.165) is 0 Å². The van der Waals surface area contributed by atoms with Crippen LogP contribution in [0.2, 0.25) is 0 Å². The van der Waals surface area contributed by atoms with Gasteiger partial charge in [0.25, 0.3) is 0 Å². The fraction of sp³-hybridized carbons (Fsp3) is 0. The first kappa shape index (κ1) is 9.26. The van der Waals surface area contributed by atoms with E-state index in [0.29, 0.717) is 5.69 Å². The van der Waals surface area contributed by atoms with E-state index in [9.17, 15) is 4.79 Å². The molecule has 0 saturated carbocycles. The highest BCUT2D eigenvalue weighted by Gasteiger charge is 2.07. The molecule has 0 atom stereocenters. The molecule has 5 nitrogen and oxygen atoms in total. The lowest BCUT2D eigenvalue weighted by atomic mass is 10.3. The van der Waals surface area contributed by atoms with Crippen molar-refractivity contribution >= 4 is 5.97 Å². The Kier molecular flexibility index (Phi) is 2.13. The van der Waals surface area contributed by atoms with Crippen molar-refractivity contribution in [2.45, 2.75) is 0 Å². The summed E-state index contributed by atoms with van der Waals surface area (Å²) < 4.78 is 1.43. The lowest BCUT2D eigenvalue weighted by molar-refractivity contribution is 0.0690. The zero-order chi connectivity index (χ0) is 10.8. The van der Waals surface area contributed by atoms with Gasteiger partial charge in [-0.3, -0.25) is 0 Å².